The first kappa shape index (κ1) is 35.5. The van der Waals surface area contributed by atoms with Gasteiger partial charge in [-0.3, -0.25) is 5.32 Å². The SMILES string of the molecule is CCC(C)N[C@@](Cc1ccc(OC(=O)OC(C)CC)c(OC(=O)OC(C)CC)c1)(OC(=O)OCC(C)(C)C)C(=O)O. The lowest BCUT2D eigenvalue weighted by Gasteiger charge is -2.33. The molecule has 0 radical (unpaired) electrons. The van der Waals surface area contributed by atoms with E-state index in [1.54, 1.807) is 20.8 Å². The van der Waals surface area contributed by atoms with Crippen LogP contribution in [-0.4, -0.2) is 60.1 Å². The van der Waals surface area contributed by atoms with E-state index in [2.05, 4.69) is 5.32 Å². The first-order valence-electron chi connectivity index (χ1n) is 13.8. The van der Waals surface area contributed by atoms with Crippen LogP contribution in [-0.2, 0) is 30.2 Å². The molecule has 0 aromatic heterocycles. The molecule has 0 bridgehead atoms. The van der Waals surface area contributed by atoms with Crippen molar-refractivity contribution in [2.75, 3.05) is 6.61 Å². The van der Waals surface area contributed by atoms with Crippen LogP contribution >= 0.6 is 0 Å². The number of benzene rings is 1. The Kier molecular flexibility index (Phi) is 13.9. The minimum absolute atomic E-state index is 0.0000695. The lowest BCUT2D eigenvalue weighted by Crippen LogP contribution is -2.59. The van der Waals surface area contributed by atoms with Crippen molar-refractivity contribution in [2.45, 2.75) is 112 Å². The number of carboxylic acid groups (broad SMARTS) is 1. The van der Waals surface area contributed by atoms with E-state index >= 15 is 0 Å². The van der Waals surface area contributed by atoms with E-state index < -0.39 is 48.8 Å². The van der Waals surface area contributed by atoms with E-state index in [0.29, 0.717) is 19.3 Å². The third-order valence-electron chi connectivity index (χ3n) is 5.91. The standard InChI is InChI=1S/C29H45NO11/c1-10-18(4)30-29(24(31)32,41-25(33)36-17-28(7,8)9)16-21-13-14-22(39-26(34)37-19(5)11-2)23(15-21)40-27(35)38-20(6)12-3/h13-15,18-20,30H,10-12,16-17H2,1-9H3,(H,31,32)/t18?,19?,20?,29-/m0/s1. The predicted molar refractivity (Wildman–Crippen MR) is 149 cm³/mol. The van der Waals surface area contributed by atoms with E-state index in [0.717, 1.165) is 0 Å². The molecule has 232 valence electrons. The number of ether oxygens (including phenoxy) is 6. The number of rotatable bonds is 14. The molecule has 0 saturated heterocycles. The predicted octanol–water partition coefficient (Wildman–Crippen LogP) is 6.23. The van der Waals surface area contributed by atoms with E-state index in [1.807, 2.05) is 41.5 Å². The Hall–Kier alpha value is -3.54. The maximum absolute atomic E-state index is 12.6. The summed E-state index contributed by atoms with van der Waals surface area (Å²) in [5.41, 5.74) is -2.35. The van der Waals surface area contributed by atoms with Crippen molar-refractivity contribution in [3.63, 3.8) is 0 Å². The lowest BCUT2D eigenvalue weighted by atomic mass is 9.99. The molecule has 0 amide bonds. The molecule has 1 rings (SSSR count). The summed E-state index contributed by atoms with van der Waals surface area (Å²) in [4.78, 5) is 49.9. The molecule has 0 aliphatic carbocycles. The first-order chi connectivity index (χ1) is 19.0. The quantitative estimate of drug-likeness (QED) is 0.110. The Morgan fingerprint density at radius 3 is 1.83 bits per heavy atom. The van der Waals surface area contributed by atoms with Crippen molar-refractivity contribution in [3.8, 4) is 11.5 Å². The number of aliphatic carboxylic acids is 1. The van der Waals surface area contributed by atoms with Gasteiger partial charge in [-0.2, -0.15) is 0 Å². The number of carbonyl (C=O) groups excluding carboxylic acids is 3. The van der Waals surface area contributed by atoms with Crippen molar-refractivity contribution in [1.29, 1.82) is 0 Å². The smallest absolute Gasteiger partial charge is 0.477 e. The highest BCUT2D eigenvalue weighted by Gasteiger charge is 2.45. The molecule has 12 nitrogen and oxygen atoms in total. The average molecular weight is 584 g/mol. The molecule has 41 heavy (non-hydrogen) atoms. The molecular weight excluding hydrogens is 538 g/mol. The molecule has 0 heterocycles. The van der Waals surface area contributed by atoms with Gasteiger partial charge in [0.05, 0.1) is 6.61 Å². The summed E-state index contributed by atoms with van der Waals surface area (Å²) in [5.74, 6) is -1.86. The summed E-state index contributed by atoms with van der Waals surface area (Å²) in [7, 11) is 0. The van der Waals surface area contributed by atoms with Gasteiger partial charge in [-0.15, -0.1) is 0 Å². The monoisotopic (exact) mass is 583 g/mol. The fourth-order valence-corrected chi connectivity index (χ4v) is 3.08. The van der Waals surface area contributed by atoms with Gasteiger partial charge >= 0.3 is 24.4 Å². The van der Waals surface area contributed by atoms with Gasteiger partial charge in [-0.1, -0.05) is 47.6 Å². The molecule has 1 aromatic carbocycles. The number of carbonyl (C=O) groups is 4. The van der Waals surface area contributed by atoms with Crippen molar-refractivity contribution in [2.24, 2.45) is 5.41 Å². The fourth-order valence-electron chi connectivity index (χ4n) is 3.08. The van der Waals surface area contributed by atoms with Crippen molar-refractivity contribution < 1.29 is 52.7 Å². The number of hydrogen-bond donors (Lipinski definition) is 2. The summed E-state index contributed by atoms with van der Waals surface area (Å²) in [5, 5.41) is 13.1. The van der Waals surface area contributed by atoms with Crippen LogP contribution in [0.1, 0.15) is 87.1 Å². The normalized spacial score (nSPS) is 15.0. The second kappa shape index (κ2) is 16.0. The van der Waals surface area contributed by atoms with E-state index in [9.17, 15) is 24.3 Å². The van der Waals surface area contributed by atoms with Gasteiger partial charge in [0.2, 0.25) is 0 Å². The van der Waals surface area contributed by atoms with Gasteiger partial charge < -0.3 is 33.5 Å². The van der Waals surface area contributed by atoms with E-state index in [1.165, 1.54) is 18.2 Å². The zero-order valence-electron chi connectivity index (χ0n) is 25.5. The van der Waals surface area contributed by atoms with Crippen LogP contribution in [0.25, 0.3) is 0 Å². The first-order valence-corrected chi connectivity index (χ1v) is 13.8. The van der Waals surface area contributed by atoms with Gasteiger partial charge in [-0.25, -0.2) is 19.2 Å². The number of hydrogen-bond acceptors (Lipinski definition) is 11. The Morgan fingerprint density at radius 2 is 1.37 bits per heavy atom. The number of nitrogens with one attached hydrogen (secondary N) is 1. The van der Waals surface area contributed by atoms with Gasteiger partial charge in [0.1, 0.15) is 12.2 Å². The van der Waals surface area contributed by atoms with E-state index in [4.69, 9.17) is 28.4 Å². The molecule has 12 heteroatoms. The van der Waals surface area contributed by atoms with Crippen LogP contribution < -0.4 is 14.8 Å². The summed E-state index contributed by atoms with van der Waals surface area (Å²) in [6.07, 6.45) is -2.89. The zero-order valence-corrected chi connectivity index (χ0v) is 25.5. The van der Waals surface area contributed by atoms with Crippen LogP contribution in [0.2, 0.25) is 0 Å². The van der Waals surface area contributed by atoms with Crippen LogP contribution in [0.15, 0.2) is 18.2 Å². The summed E-state index contributed by atoms with van der Waals surface area (Å²) in [6, 6.07) is 3.68. The largest absolute Gasteiger partial charge is 0.514 e. The maximum atomic E-state index is 12.6. The van der Waals surface area contributed by atoms with Crippen LogP contribution in [0.3, 0.4) is 0 Å². The topological polar surface area (TPSA) is 156 Å². The summed E-state index contributed by atoms with van der Waals surface area (Å²) in [6.45, 7) is 16.1. The van der Waals surface area contributed by atoms with Crippen molar-refractivity contribution in [3.05, 3.63) is 23.8 Å². The molecular formula is C29H45NO11. The molecule has 3 unspecified atom stereocenters. The Labute approximate surface area is 241 Å². The third-order valence-corrected chi connectivity index (χ3v) is 5.91. The third kappa shape index (κ3) is 12.7. The van der Waals surface area contributed by atoms with Gasteiger partial charge in [0, 0.05) is 12.5 Å². The zero-order chi connectivity index (χ0) is 31.4. The highest BCUT2D eigenvalue weighted by atomic mass is 16.8. The Bertz CT molecular complexity index is 1040. The molecule has 0 aliphatic rings. The lowest BCUT2D eigenvalue weighted by molar-refractivity contribution is -0.167. The molecule has 0 saturated carbocycles. The highest BCUT2D eigenvalue weighted by Crippen LogP contribution is 2.32. The molecule has 4 atom stereocenters. The second-order valence-corrected chi connectivity index (χ2v) is 11.1. The second-order valence-electron chi connectivity index (χ2n) is 11.1. The minimum Gasteiger partial charge on any atom is -0.477 e. The Morgan fingerprint density at radius 1 is 0.829 bits per heavy atom. The maximum Gasteiger partial charge on any atom is 0.514 e. The van der Waals surface area contributed by atoms with Gasteiger partial charge in [-0.05, 0) is 63.1 Å². The van der Waals surface area contributed by atoms with Gasteiger partial charge in [0.15, 0.2) is 11.5 Å². The Balaban J connectivity index is 3.45. The molecule has 0 aliphatic heterocycles. The van der Waals surface area contributed by atoms with E-state index in [-0.39, 0.29) is 35.1 Å². The van der Waals surface area contributed by atoms with Crippen LogP contribution in [0.4, 0.5) is 14.4 Å². The van der Waals surface area contributed by atoms with Crippen LogP contribution in [0, 0.1) is 5.41 Å². The fraction of sp³-hybridized carbons (Fsp3) is 0.655. The minimum atomic E-state index is -2.24. The summed E-state index contributed by atoms with van der Waals surface area (Å²) >= 11 is 0. The van der Waals surface area contributed by atoms with Crippen LogP contribution in [0.5, 0.6) is 11.5 Å². The molecule has 2 N–H and O–H groups in total. The molecule has 0 spiro atoms. The highest BCUT2D eigenvalue weighted by molar-refractivity contribution is 5.80. The van der Waals surface area contributed by atoms with Gasteiger partial charge in [0.25, 0.3) is 5.72 Å². The average Bonchev–Trinajstić information content (AvgIpc) is 2.87. The molecule has 1 aromatic rings. The van der Waals surface area contributed by atoms with Crippen molar-refractivity contribution >= 4 is 24.4 Å². The molecule has 0 fully saturated rings. The number of carboxylic acids is 1. The van der Waals surface area contributed by atoms with Crippen molar-refractivity contribution in [1.82, 2.24) is 5.32 Å². The summed E-state index contributed by atoms with van der Waals surface area (Å²) < 4.78 is 31.5.